The van der Waals surface area contributed by atoms with E-state index in [2.05, 4.69) is 28.5 Å². The number of tetrazole rings is 1. The highest BCUT2D eigenvalue weighted by atomic mass is 15.6. The van der Waals surface area contributed by atoms with Gasteiger partial charge in [0.25, 0.3) is 0 Å². The monoisotopic (exact) mass is 271 g/mol. The molecule has 3 rings (SSSR count). The van der Waals surface area contributed by atoms with Crippen LogP contribution in [0.15, 0.2) is 18.2 Å². The van der Waals surface area contributed by atoms with Crippen molar-refractivity contribution in [2.45, 2.75) is 51.5 Å². The van der Waals surface area contributed by atoms with Crippen LogP contribution in [0.25, 0.3) is 11.4 Å². The van der Waals surface area contributed by atoms with Crippen molar-refractivity contribution in [2.75, 3.05) is 5.73 Å². The Morgan fingerprint density at radius 2 is 1.90 bits per heavy atom. The van der Waals surface area contributed by atoms with Crippen LogP contribution in [0, 0.1) is 6.92 Å². The predicted octanol–water partition coefficient (Wildman–Crippen LogP) is 2.91. The van der Waals surface area contributed by atoms with Gasteiger partial charge in [0, 0.05) is 11.3 Å². The quantitative estimate of drug-likeness (QED) is 0.853. The average molecular weight is 271 g/mol. The Bertz CT molecular complexity index is 590. The van der Waals surface area contributed by atoms with Crippen molar-refractivity contribution >= 4 is 5.69 Å². The molecule has 1 aliphatic carbocycles. The lowest BCUT2D eigenvalue weighted by Gasteiger charge is -2.34. The van der Waals surface area contributed by atoms with Crippen molar-refractivity contribution < 1.29 is 0 Å². The molecular formula is C15H21N5. The van der Waals surface area contributed by atoms with Gasteiger partial charge in [-0.25, -0.2) is 4.68 Å². The van der Waals surface area contributed by atoms with Gasteiger partial charge in [0.05, 0.1) is 5.54 Å². The van der Waals surface area contributed by atoms with Gasteiger partial charge in [-0.05, 0) is 60.9 Å². The SMILES string of the molecule is Cc1cc(N)cc(-c2nnnn2C2(C)CCCCC2)c1. The van der Waals surface area contributed by atoms with E-state index in [1.165, 1.54) is 19.3 Å². The molecule has 106 valence electrons. The molecule has 0 amide bonds. The summed E-state index contributed by atoms with van der Waals surface area (Å²) in [5.41, 5.74) is 8.85. The third-order valence-electron chi connectivity index (χ3n) is 4.27. The normalized spacial score (nSPS) is 18.1. The van der Waals surface area contributed by atoms with E-state index >= 15 is 0 Å². The van der Waals surface area contributed by atoms with Gasteiger partial charge < -0.3 is 5.73 Å². The summed E-state index contributed by atoms with van der Waals surface area (Å²) in [7, 11) is 0. The Kier molecular flexibility index (Phi) is 3.20. The summed E-state index contributed by atoms with van der Waals surface area (Å²) in [6, 6.07) is 5.99. The van der Waals surface area contributed by atoms with Crippen LogP contribution in [0.1, 0.15) is 44.6 Å². The highest BCUT2D eigenvalue weighted by Crippen LogP contribution is 2.36. The van der Waals surface area contributed by atoms with Crippen LogP contribution in [-0.2, 0) is 5.54 Å². The van der Waals surface area contributed by atoms with Crippen molar-refractivity contribution in [2.24, 2.45) is 0 Å². The predicted molar refractivity (Wildman–Crippen MR) is 79.1 cm³/mol. The van der Waals surface area contributed by atoms with E-state index in [4.69, 9.17) is 5.73 Å². The Hall–Kier alpha value is -1.91. The number of rotatable bonds is 2. The second-order valence-electron chi connectivity index (χ2n) is 6.10. The molecule has 2 N–H and O–H groups in total. The van der Waals surface area contributed by atoms with Gasteiger partial charge >= 0.3 is 0 Å². The zero-order valence-corrected chi connectivity index (χ0v) is 12.1. The first-order valence-electron chi connectivity index (χ1n) is 7.25. The highest BCUT2D eigenvalue weighted by Gasteiger charge is 2.32. The van der Waals surface area contributed by atoms with E-state index in [0.717, 1.165) is 35.5 Å². The largest absolute Gasteiger partial charge is 0.399 e. The molecule has 0 spiro atoms. The fourth-order valence-corrected chi connectivity index (χ4v) is 3.20. The first-order valence-corrected chi connectivity index (χ1v) is 7.25. The molecule has 0 unspecified atom stereocenters. The maximum Gasteiger partial charge on any atom is 0.182 e. The van der Waals surface area contributed by atoms with E-state index in [-0.39, 0.29) is 5.54 Å². The summed E-state index contributed by atoms with van der Waals surface area (Å²) in [4.78, 5) is 0. The molecular weight excluding hydrogens is 250 g/mol. The number of aromatic nitrogens is 4. The molecule has 1 saturated carbocycles. The van der Waals surface area contributed by atoms with Crippen LogP contribution >= 0.6 is 0 Å². The number of hydrogen-bond donors (Lipinski definition) is 1. The van der Waals surface area contributed by atoms with Crippen LogP contribution in [0.4, 0.5) is 5.69 Å². The smallest absolute Gasteiger partial charge is 0.182 e. The van der Waals surface area contributed by atoms with Gasteiger partial charge in [0.2, 0.25) is 0 Å². The lowest BCUT2D eigenvalue weighted by Crippen LogP contribution is -2.34. The first kappa shape index (κ1) is 13.1. The van der Waals surface area contributed by atoms with Crippen molar-refractivity contribution in [3.8, 4) is 11.4 Å². The number of nitrogen functional groups attached to an aromatic ring is 1. The zero-order valence-electron chi connectivity index (χ0n) is 12.1. The second-order valence-corrected chi connectivity index (χ2v) is 6.10. The lowest BCUT2D eigenvalue weighted by atomic mass is 9.83. The molecule has 5 nitrogen and oxygen atoms in total. The Morgan fingerprint density at radius 3 is 2.60 bits per heavy atom. The molecule has 0 atom stereocenters. The van der Waals surface area contributed by atoms with Gasteiger partial charge in [-0.3, -0.25) is 0 Å². The van der Waals surface area contributed by atoms with E-state index in [0.29, 0.717) is 0 Å². The van der Waals surface area contributed by atoms with Gasteiger partial charge in [0.15, 0.2) is 5.82 Å². The van der Waals surface area contributed by atoms with Crippen LogP contribution in [-0.4, -0.2) is 20.2 Å². The Balaban J connectivity index is 2.05. The molecule has 1 aromatic heterocycles. The molecule has 0 radical (unpaired) electrons. The van der Waals surface area contributed by atoms with E-state index in [1.54, 1.807) is 0 Å². The van der Waals surface area contributed by atoms with Crippen LogP contribution < -0.4 is 5.73 Å². The van der Waals surface area contributed by atoms with Crippen LogP contribution in [0.2, 0.25) is 0 Å². The second kappa shape index (κ2) is 4.89. The van der Waals surface area contributed by atoms with Crippen molar-refractivity contribution in [1.82, 2.24) is 20.2 Å². The maximum atomic E-state index is 5.95. The molecule has 1 heterocycles. The van der Waals surface area contributed by atoms with Gasteiger partial charge in [0.1, 0.15) is 0 Å². The van der Waals surface area contributed by atoms with Gasteiger partial charge in [-0.2, -0.15) is 0 Å². The third-order valence-corrected chi connectivity index (χ3v) is 4.27. The topological polar surface area (TPSA) is 69.6 Å². The number of anilines is 1. The summed E-state index contributed by atoms with van der Waals surface area (Å²) in [6.45, 7) is 4.29. The molecule has 20 heavy (non-hydrogen) atoms. The van der Waals surface area contributed by atoms with E-state index < -0.39 is 0 Å². The lowest BCUT2D eigenvalue weighted by molar-refractivity contribution is 0.197. The fourth-order valence-electron chi connectivity index (χ4n) is 3.20. The molecule has 1 aromatic carbocycles. The number of nitrogens with zero attached hydrogens (tertiary/aromatic N) is 4. The molecule has 1 aliphatic rings. The molecule has 0 bridgehead atoms. The third kappa shape index (κ3) is 2.28. The summed E-state index contributed by atoms with van der Waals surface area (Å²) >= 11 is 0. The van der Waals surface area contributed by atoms with Gasteiger partial charge in [-0.1, -0.05) is 19.3 Å². The van der Waals surface area contributed by atoms with E-state index in [1.807, 2.05) is 23.7 Å². The minimum Gasteiger partial charge on any atom is -0.399 e. The molecule has 2 aromatic rings. The fraction of sp³-hybridized carbons (Fsp3) is 0.533. The van der Waals surface area contributed by atoms with Crippen molar-refractivity contribution in [3.05, 3.63) is 23.8 Å². The Labute approximate surface area is 119 Å². The maximum absolute atomic E-state index is 5.95. The minimum atomic E-state index is 0.0234. The molecule has 0 aliphatic heterocycles. The van der Waals surface area contributed by atoms with Crippen LogP contribution in [0.3, 0.4) is 0 Å². The number of nitrogens with two attached hydrogens (primary N) is 1. The average Bonchev–Trinajstić information content (AvgIpc) is 2.88. The van der Waals surface area contributed by atoms with Crippen molar-refractivity contribution in [1.29, 1.82) is 0 Å². The summed E-state index contributed by atoms with van der Waals surface area (Å²) in [5, 5.41) is 12.4. The standard InChI is InChI=1S/C15H21N5/c1-11-8-12(10-13(16)9-11)14-17-18-19-20(14)15(2)6-4-3-5-7-15/h8-10H,3-7,16H2,1-2H3. The molecule has 5 heteroatoms. The summed E-state index contributed by atoms with van der Waals surface area (Å²) < 4.78 is 2.00. The zero-order chi connectivity index (χ0) is 14.2. The van der Waals surface area contributed by atoms with Crippen molar-refractivity contribution in [3.63, 3.8) is 0 Å². The number of hydrogen-bond acceptors (Lipinski definition) is 4. The summed E-state index contributed by atoms with van der Waals surface area (Å²) in [5.74, 6) is 0.824. The highest BCUT2D eigenvalue weighted by molar-refractivity contribution is 5.62. The minimum absolute atomic E-state index is 0.0234. The van der Waals surface area contributed by atoms with Crippen LogP contribution in [0.5, 0.6) is 0 Å². The van der Waals surface area contributed by atoms with Gasteiger partial charge in [-0.15, -0.1) is 5.10 Å². The Morgan fingerprint density at radius 1 is 1.15 bits per heavy atom. The van der Waals surface area contributed by atoms with E-state index in [9.17, 15) is 0 Å². The first-order chi connectivity index (χ1) is 9.58. The number of benzene rings is 1. The molecule has 0 saturated heterocycles. The molecule has 1 fully saturated rings. The summed E-state index contributed by atoms with van der Waals surface area (Å²) in [6.07, 6.45) is 6.06. The number of aryl methyl sites for hydroxylation is 1.